The monoisotopic (exact) mass is 313 g/mol. The van der Waals surface area contributed by atoms with Crippen molar-refractivity contribution in [1.82, 2.24) is 19.9 Å². The molecule has 6 nitrogen and oxygen atoms in total. The van der Waals surface area contributed by atoms with Gasteiger partial charge in [0.2, 0.25) is 0 Å². The molecule has 0 fully saturated rings. The Labute approximate surface area is 136 Å². The van der Waals surface area contributed by atoms with E-state index >= 15 is 0 Å². The Morgan fingerprint density at radius 3 is 2.83 bits per heavy atom. The first-order valence-electron chi connectivity index (χ1n) is 7.63. The van der Waals surface area contributed by atoms with Gasteiger partial charge in [0, 0.05) is 32.8 Å². The Morgan fingerprint density at radius 2 is 2.09 bits per heavy atom. The van der Waals surface area contributed by atoms with E-state index in [1.54, 1.807) is 0 Å². The van der Waals surface area contributed by atoms with Crippen LogP contribution in [-0.4, -0.2) is 33.5 Å². The Bertz CT molecular complexity index is 746. The second-order valence-corrected chi connectivity index (χ2v) is 6.61. The predicted octanol–water partition coefficient (Wildman–Crippen LogP) is 1.94. The molecule has 0 spiro atoms. The van der Waals surface area contributed by atoms with Crippen LogP contribution in [0, 0.1) is 17.3 Å². The van der Waals surface area contributed by atoms with Gasteiger partial charge in [-0.2, -0.15) is 0 Å². The summed E-state index contributed by atoms with van der Waals surface area (Å²) < 4.78 is 1.94. The lowest BCUT2D eigenvalue weighted by molar-refractivity contribution is -0.115. The van der Waals surface area contributed by atoms with Crippen LogP contribution in [-0.2, 0) is 11.8 Å². The quantitative estimate of drug-likeness (QED) is 0.668. The molecule has 0 saturated heterocycles. The summed E-state index contributed by atoms with van der Waals surface area (Å²) in [6.45, 7) is 7.34. The fourth-order valence-corrected chi connectivity index (χ4v) is 2.01. The zero-order valence-corrected chi connectivity index (χ0v) is 14.1. The van der Waals surface area contributed by atoms with E-state index in [9.17, 15) is 4.79 Å². The van der Waals surface area contributed by atoms with Crippen molar-refractivity contribution in [1.29, 1.82) is 0 Å². The topological polar surface area (TPSA) is 71.8 Å². The number of aromatic nitrogens is 3. The summed E-state index contributed by atoms with van der Waals surface area (Å²) in [4.78, 5) is 20.1. The largest absolute Gasteiger partial charge is 0.368 e. The number of nitrogens with one attached hydrogen (secondary N) is 2. The van der Waals surface area contributed by atoms with Crippen LogP contribution in [0.4, 0.5) is 5.82 Å². The highest BCUT2D eigenvalue weighted by atomic mass is 16.1. The van der Waals surface area contributed by atoms with E-state index in [2.05, 4.69) is 53.2 Å². The molecule has 2 rings (SSSR count). The van der Waals surface area contributed by atoms with Gasteiger partial charge >= 0.3 is 0 Å². The van der Waals surface area contributed by atoms with Gasteiger partial charge in [-0.05, 0) is 17.4 Å². The number of amides is 1. The van der Waals surface area contributed by atoms with Gasteiger partial charge in [-0.1, -0.05) is 26.7 Å². The van der Waals surface area contributed by atoms with E-state index in [0.717, 1.165) is 16.9 Å². The van der Waals surface area contributed by atoms with Crippen molar-refractivity contribution in [3.8, 4) is 11.8 Å². The highest BCUT2D eigenvalue weighted by Crippen LogP contribution is 2.18. The fraction of sp³-hybridized carbons (Fsp3) is 0.471. The SMILES string of the molecule is Cn1ccc2c(NCCNC(=O)C#CCC(C)(C)C)ncnc21. The summed E-state index contributed by atoms with van der Waals surface area (Å²) in [6.07, 6.45) is 4.17. The van der Waals surface area contributed by atoms with Crippen molar-refractivity contribution in [2.45, 2.75) is 27.2 Å². The van der Waals surface area contributed by atoms with Crippen LogP contribution in [0.1, 0.15) is 27.2 Å². The van der Waals surface area contributed by atoms with Crippen LogP contribution in [0.3, 0.4) is 0 Å². The fourth-order valence-electron chi connectivity index (χ4n) is 2.01. The first kappa shape index (κ1) is 16.8. The Balaban J connectivity index is 1.80. The first-order chi connectivity index (χ1) is 10.9. The van der Waals surface area contributed by atoms with Gasteiger partial charge in [0.1, 0.15) is 17.8 Å². The van der Waals surface area contributed by atoms with Gasteiger partial charge < -0.3 is 15.2 Å². The molecule has 0 unspecified atom stereocenters. The van der Waals surface area contributed by atoms with E-state index in [1.807, 2.05) is 23.9 Å². The Morgan fingerprint density at radius 1 is 1.30 bits per heavy atom. The molecule has 0 aliphatic heterocycles. The molecule has 1 amide bonds. The summed E-state index contributed by atoms with van der Waals surface area (Å²) in [7, 11) is 1.94. The van der Waals surface area contributed by atoms with E-state index < -0.39 is 0 Å². The van der Waals surface area contributed by atoms with Gasteiger partial charge in [-0.25, -0.2) is 9.97 Å². The van der Waals surface area contributed by atoms with Gasteiger partial charge in [-0.3, -0.25) is 4.79 Å². The molecule has 6 heteroatoms. The standard InChI is InChI=1S/C17H23N5O/c1-17(2,3)8-5-6-14(23)18-9-10-19-15-13-7-11-22(4)16(13)21-12-20-15/h7,11-12H,8-10H2,1-4H3,(H,18,23)(H,19,20,21). The minimum Gasteiger partial charge on any atom is -0.368 e. The minimum absolute atomic E-state index is 0.114. The number of nitrogens with zero attached hydrogens (tertiary/aromatic N) is 3. The summed E-state index contributed by atoms with van der Waals surface area (Å²) in [5, 5.41) is 6.94. The molecule has 0 aromatic carbocycles. The number of rotatable bonds is 4. The van der Waals surface area contributed by atoms with Gasteiger partial charge in [0.05, 0.1) is 5.39 Å². The minimum atomic E-state index is -0.247. The molecule has 2 aromatic heterocycles. The molecule has 2 aromatic rings. The maximum atomic E-state index is 11.6. The molecule has 0 aliphatic rings. The van der Waals surface area contributed by atoms with Crippen LogP contribution in [0.15, 0.2) is 18.6 Å². The average Bonchev–Trinajstić information content (AvgIpc) is 2.85. The third-order valence-electron chi connectivity index (χ3n) is 3.19. The van der Waals surface area contributed by atoms with Crippen molar-refractivity contribution < 1.29 is 4.79 Å². The average molecular weight is 313 g/mol. The lowest BCUT2D eigenvalue weighted by Gasteiger charge is -2.12. The first-order valence-corrected chi connectivity index (χ1v) is 7.63. The van der Waals surface area contributed by atoms with Gasteiger partial charge in [0.15, 0.2) is 0 Å². The lowest BCUT2D eigenvalue weighted by Crippen LogP contribution is -2.27. The summed E-state index contributed by atoms with van der Waals surface area (Å²) in [5.74, 6) is 6.04. The highest BCUT2D eigenvalue weighted by molar-refractivity contribution is 5.93. The summed E-state index contributed by atoms with van der Waals surface area (Å²) in [6, 6.07) is 1.97. The van der Waals surface area contributed by atoms with Crippen molar-refractivity contribution in [3.63, 3.8) is 0 Å². The maximum Gasteiger partial charge on any atom is 0.295 e. The van der Waals surface area contributed by atoms with Gasteiger partial charge in [0.25, 0.3) is 5.91 Å². The zero-order chi connectivity index (χ0) is 16.9. The molecule has 2 N–H and O–H groups in total. The van der Waals surface area contributed by atoms with Crippen LogP contribution in [0.2, 0.25) is 0 Å². The van der Waals surface area contributed by atoms with E-state index in [1.165, 1.54) is 6.33 Å². The van der Waals surface area contributed by atoms with E-state index in [-0.39, 0.29) is 11.3 Å². The molecule has 0 aliphatic carbocycles. The molecule has 0 bridgehead atoms. The summed E-state index contributed by atoms with van der Waals surface area (Å²) in [5.41, 5.74) is 0.989. The Kier molecular flexibility index (Phi) is 5.22. The second kappa shape index (κ2) is 7.14. The van der Waals surface area contributed by atoms with Crippen LogP contribution >= 0.6 is 0 Å². The van der Waals surface area contributed by atoms with Crippen LogP contribution in [0.5, 0.6) is 0 Å². The van der Waals surface area contributed by atoms with Crippen LogP contribution < -0.4 is 10.6 Å². The summed E-state index contributed by atoms with van der Waals surface area (Å²) >= 11 is 0. The third-order valence-corrected chi connectivity index (χ3v) is 3.19. The smallest absolute Gasteiger partial charge is 0.295 e. The normalized spacial score (nSPS) is 11.0. The zero-order valence-electron chi connectivity index (χ0n) is 14.1. The number of aryl methyl sites for hydroxylation is 1. The van der Waals surface area contributed by atoms with E-state index in [0.29, 0.717) is 19.5 Å². The predicted molar refractivity (Wildman–Crippen MR) is 91.9 cm³/mol. The van der Waals surface area contributed by atoms with Gasteiger partial charge in [-0.15, -0.1) is 0 Å². The number of hydrogen-bond donors (Lipinski definition) is 2. The number of carbonyl (C=O) groups is 1. The number of fused-ring (bicyclic) bond motifs is 1. The number of carbonyl (C=O) groups excluding carboxylic acids is 1. The van der Waals surface area contributed by atoms with E-state index in [4.69, 9.17) is 0 Å². The Hall–Kier alpha value is -2.55. The molecule has 2 heterocycles. The molecule has 0 radical (unpaired) electrons. The van der Waals surface area contributed by atoms with Crippen molar-refractivity contribution in [3.05, 3.63) is 18.6 Å². The molecule has 122 valence electrons. The highest BCUT2D eigenvalue weighted by Gasteiger charge is 2.07. The molecule has 0 atom stereocenters. The van der Waals surface area contributed by atoms with Crippen LogP contribution in [0.25, 0.3) is 11.0 Å². The molecule has 23 heavy (non-hydrogen) atoms. The molecular weight excluding hydrogens is 290 g/mol. The number of anilines is 1. The maximum absolute atomic E-state index is 11.6. The van der Waals surface area contributed by atoms with Crippen molar-refractivity contribution in [2.24, 2.45) is 12.5 Å². The molecule has 0 saturated carbocycles. The third kappa shape index (κ3) is 4.99. The number of hydrogen-bond acceptors (Lipinski definition) is 4. The van der Waals surface area contributed by atoms with Crippen molar-refractivity contribution in [2.75, 3.05) is 18.4 Å². The van der Waals surface area contributed by atoms with Crippen molar-refractivity contribution >= 4 is 22.8 Å². The molecular formula is C17H23N5O. The lowest BCUT2D eigenvalue weighted by atomic mass is 9.93. The second-order valence-electron chi connectivity index (χ2n) is 6.61.